The van der Waals surface area contributed by atoms with Crippen molar-refractivity contribution in [3.63, 3.8) is 0 Å². The number of unbranched alkanes of at least 4 members (excludes halogenated alkanes) is 1. The molecule has 0 saturated heterocycles. The Morgan fingerprint density at radius 2 is 2.22 bits per heavy atom. The molecule has 18 heavy (non-hydrogen) atoms. The van der Waals surface area contributed by atoms with Crippen LogP contribution in [0.15, 0.2) is 24.3 Å². The minimum absolute atomic E-state index is 0.0372. The number of aryl methyl sites for hydroxylation is 1. The van der Waals surface area contributed by atoms with E-state index in [1.807, 2.05) is 0 Å². The highest BCUT2D eigenvalue weighted by atomic mass is 16.5. The van der Waals surface area contributed by atoms with Crippen LogP contribution < -0.4 is 0 Å². The molecule has 1 aromatic carbocycles. The zero-order chi connectivity index (χ0) is 12.5. The Labute approximate surface area is 108 Å². The van der Waals surface area contributed by atoms with Gasteiger partial charge in [-0.05, 0) is 36.3 Å². The summed E-state index contributed by atoms with van der Waals surface area (Å²) in [5.74, 6) is 1.18. The van der Waals surface area contributed by atoms with Gasteiger partial charge in [0.2, 0.25) is 0 Å². The first-order chi connectivity index (χ1) is 8.83. The topological polar surface area (TPSA) is 26.3 Å². The summed E-state index contributed by atoms with van der Waals surface area (Å²) < 4.78 is 5.37. The molecule has 0 heterocycles. The monoisotopic (exact) mass is 244 g/mol. The number of carbonyl (C=O) groups excluding carboxylic acids is 1. The van der Waals surface area contributed by atoms with Crippen LogP contribution in [0, 0.1) is 11.8 Å². The average Bonchev–Trinajstić information content (AvgIpc) is 3.14. The van der Waals surface area contributed by atoms with Crippen molar-refractivity contribution in [1.82, 2.24) is 0 Å². The van der Waals surface area contributed by atoms with Crippen molar-refractivity contribution in [2.75, 3.05) is 6.61 Å². The number of carbonyl (C=O) groups is 1. The lowest BCUT2D eigenvalue weighted by Gasteiger charge is -2.13. The summed E-state index contributed by atoms with van der Waals surface area (Å²) in [6, 6.07) is 8.56. The lowest BCUT2D eigenvalue weighted by Crippen LogP contribution is -2.09. The van der Waals surface area contributed by atoms with E-state index in [1.165, 1.54) is 11.1 Å². The van der Waals surface area contributed by atoms with Crippen molar-refractivity contribution in [1.29, 1.82) is 0 Å². The van der Waals surface area contributed by atoms with Crippen molar-refractivity contribution in [2.45, 2.75) is 38.5 Å². The summed E-state index contributed by atoms with van der Waals surface area (Å²) in [4.78, 5) is 12.0. The van der Waals surface area contributed by atoms with Gasteiger partial charge in [0.05, 0.1) is 12.5 Å². The van der Waals surface area contributed by atoms with E-state index in [0.29, 0.717) is 18.4 Å². The molecule has 3 atom stereocenters. The summed E-state index contributed by atoms with van der Waals surface area (Å²) in [5.41, 5.74) is 2.83. The Hall–Kier alpha value is -1.31. The Bertz CT molecular complexity index is 452. The van der Waals surface area contributed by atoms with Crippen LogP contribution in [0.3, 0.4) is 0 Å². The van der Waals surface area contributed by atoms with Crippen LogP contribution in [0.5, 0.6) is 0 Å². The molecule has 0 amide bonds. The van der Waals surface area contributed by atoms with Crippen molar-refractivity contribution in [3.8, 4) is 0 Å². The maximum Gasteiger partial charge on any atom is 0.309 e. The van der Waals surface area contributed by atoms with E-state index >= 15 is 0 Å². The molecule has 2 aliphatic rings. The first kappa shape index (κ1) is 11.8. The fourth-order valence-electron chi connectivity index (χ4n) is 3.30. The van der Waals surface area contributed by atoms with Crippen LogP contribution in [0.1, 0.15) is 43.2 Å². The molecule has 0 aliphatic heterocycles. The molecule has 1 saturated carbocycles. The van der Waals surface area contributed by atoms with Gasteiger partial charge in [0, 0.05) is 5.92 Å². The minimum atomic E-state index is 0.0372. The summed E-state index contributed by atoms with van der Waals surface area (Å²) in [7, 11) is 0. The Morgan fingerprint density at radius 3 is 3.06 bits per heavy atom. The third kappa shape index (κ3) is 1.94. The Kier molecular flexibility index (Phi) is 3.11. The quantitative estimate of drug-likeness (QED) is 0.600. The minimum Gasteiger partial charge on any atom is -0.465 e. The van der Waals surface area contributed by atoms with Gasteiger partial charge < -0.3 is 4.74 Å². The Morgan fingerprint density at radius 1 is 1.39 bits per heavy atom. The molecule has 2 heteroatoms. The third-order valence-electron chi connectivity index (χ3n) is 4.34. The number of fused-ring (bicyclic) bond motifs is 3. The molecule has 96 valence electrons. The van der Waals surface area contributed by atoms with Crippen molar-refractivity contribution in [2.24, 2.45) is 11.8 Å². The highest BCUT2D eigenvalue weighted by Gasteiger charge is 2.57. The molecule has 3 unspecified atom stereocenters. The summed E-state index contributed by atoms with van der Waals surface area (Å²) >= 11 is 0. The molecule has 0 bridgehead atoms. The molecule has 0 aromatic heterocycles. The highest BCUT2D eigenvalue weighted by molar-refractivity contribution is 5.79. The largest absolute Gasteiger partial charge is 0.465 e. The first-order valence-electron chi connectivity index (χ1n) is 7.07. The SMILES string of the molecule is CCCCOC(=O)C1C2CCc3ccccc3C21. The van der Waals surface area contributed by atoms with Crippen molar-refractivity contribution < 1.29 is 9.53 Å². The average molecular weight is 244 g/mol. The molecule has 1 aromatic rings. The standard InChI is InChI=1S/C16H20O2/c1-2-3-10-18-16(17)15-13-9-8-11-6-4-5-7-12(11)14(13)15/h4-7,13-15H,2-3,8-10H2,1H3. The predicted octanol–water partition coefficient (Wildman–Crippen LogP) is 3.31. The van der Waals surface area contributed by atoms with E-state index < -0.39 is 0 Å². The summed E-state index contributed by atoms with van der Waals surface area (Å²) in [6.45, 7) is 2.70. The molecule has 0 radical (unpaired) electrons. The smallest absolute Gasteiger partial charge is 0.309 e. The van der Waals surface area contributed by atoms with Gasteiger partial charge in [0.25, 0.3) is 0 Å². The number of hydrogen-bond acceptors (Lipinski definition) is 2. The maximum atomic E-state index is 12.0. The van der Waals surface area contributed by atoms with Gasteiger partial charge in [-0.25, -0.2) is 0 Å². The number of esters is 1. The predicted molar refractivity (Wildman–Crippen MR) is 70.4 cm³/mol. The molecule has 3 rings (SSSR count). The van der Waals surface area contributed by atoms with Crippen molar-refractivity contribution >= 4 is 5.97 Å². The third-order valence-corrected chi connectivity index (χ3v) is 4.34. The lowest BCUT2D eigenvalue weighted by molar-refractivity contribution is -0.145. The van der Waals surface area contributed by atoms with Gasteiger partial charge in [-0.1, -0.05) is 37.6 Å². The van der Waals surface area contributed by atoms with Crippen LogP contribution in [-0.4, -0.2) is 12.6 Å². The van der Waals surface area contributed by atoms with Gasteiger partial charge in [-0.15, -0.1) is 0 Å². The van der Waals surface area contributed by atoms with Crippen LogP contribution in [0.2, 0.25) is 0 Å². The lowest BCUT2D eigenvalue weighted by atomic mass is 9.92. The van der Waals surface area contributed by atoms with Crippen LogP contribution in [0.4, 0.5) is 0 Å². The molecule has 1 fully saturated rings. The van der Waals surface area contributed by atoms with E-state index in [-0.39, 0.29) is 11.9 Å². The molecule has 2 aliphatic carbocycles. The fraction of sp³-hybridized carbons (Fsp3) is 0.562. The van der Waals surface area contributed by atoms with E-state index in [9.17, 15) is 4.79 Å². The van der Waals surface area contributed by atoms with Crippen molar-refractivity contribution in [3.05, 3.63) is 35.4 Å². The van der Waals surface area contributed by atoms with Gasteiger partial charge >= 0.3 is 5.97 Å². The zero-order valence-electron chi connectivity index (χ0n) is 10.9. The van der Waals surface area contributed by atoms with Crippen LogP contribution >= 0.6 is 0 Å². The molecule has 2 nitrogen and oxygen atoms in total. The van der Waals surface area contributed by atoms with Gasteiger partial charge in [-0.3, -0.25) is 4.79 Å². The molecular weight excluding hydrogens is 224 g/mol. The summed E-state index contributed by atoms with van der Waals surface area (Å²) in [5, 5.41) is 0. The second-order valence-electron chi connectivity index (χ2n) is 5.47. The van der Waals surface area contributed by atoms with E-state index in [0.717, 1.165) is 25.7 Å². The number of benzene rings is 1. The first-order valence-corrected chi connectivity index (χ1v) is 7.07. The number of hydrogen-bond donors (Lipinski definition) is 0. The maximum absolute atomic E-state index is 12.0. The fourth-order valence-corrected chi connectivity index (χ4v) is 3.30. The summed E-state index contributed by atoms with van der Waals surface area (Å²) in [6.07, 6.45) is 4.32. The van der Waals surface area contributed by atoms with Gasteiger partial charge in [0.1, 0.15) is 0 Å². The van der Waals surface area contributed by atoms with E-state index in [2.05, 4.69) is 31.2 Å². The number of ether oxygens (including phenoxy) is 1. The van der Waals surface area contributed by atoms with E-state index in [1.54, 1.807) is 0 Å². The van der Waals surface area contributed by atoms with Crippen LogP contribution in [-0.2, 0) is 16.0 Å². The normalized spacial score (nSPS) is 28.2. The van der Waals surface area contributed by atoms with E-state index in [4.69, 9.17) is 4.74 Å². The second-order valence-corrected chi connectivity index (χ2v) is 5.47. The zero-order valence-corrected chi connectivity index (χ0v) is 10.9. The highest BCUT2D eigenvalue weighted by Crippen LogP contribution is 2.60. The molecular formula is C16H20O2. The molecule has 0 spiro atoms. The second kappa shape index (κ2) is 4.75. The number of rotatable bonds is 4. The molecule has 0 N–H and O–H groups in total. The Balaban J connectivity index is 1.67. The van der Waals surface area contributed by atoms with Crippen LogP contribution in [0.25, 0.3) is 0 Å². The van der Waals surface area contributed by atoms with Gasteiger partial charge in [0.15, 0.2) is 0 Å². The van der Waals surface area contributed by atoms with Gasteiger partial charge in [-0.2, -0.15) is 0 Å².